The lowest BCUT2D eigenvalue weighted by atomic mass is 10.2. The number of nitrogens with zero attached hydrogens (tertiary/aromatic N) is 2. The fourth-order valence-electron chi connectivity index (χ4n) is 2.07. The van der Waals surface area contributed by atoms with Crippen LogP contribution in [-0.4, -0.2) is 15.9 Å². The Morgan fingerprint density at radius 2 is 1.56 bits per heavy atom. The van der Waals surface area contributed by atoms with Crippen LogP contribution in [0.5, 0.6) is 0 Å². The minimum Gasteiger partial charge on any atom is -0.280 e. The van der Waals surface area contributed by atoms with Crippen LogP contribution in [0.4, 0.5) is 19.0 Å². The summed E-state index contributed by atoms with van der Waals surface area (Å²) in [7, 11) is 0. The van der Waals surface area contributed by atoms with E-state index in [2.05, 4.69) is 20.8 Å². The van der Waals surface area contributed by atoms with Gasteiger partial charge in [-0.05, 0) is 36.4 Å². The van der Waals surface area contributed by atoms with Crippen molar-refractivity contribution >= 4 is 34.4 Å². The van der Waals surface area contributed by atoms with Crippen LogP contribution >= 0.6 is 11.6 Å². The Bertz CT molecular complexity index is 929. The number of anilines is 1. The molecule has 128 valence electrons. The van der Waals surface area contributed by atoms with Crippen LogP contribution in [0.1, 0.15) is 16.1 Å². The maximum Gasteiger partial charge on any atom is 0.437 e. The second kappa shape index (κ2) is 6.56. The molecular formula is C16H10ClF3N4O. The first kappa shape index (κ1) is 17.0. The van der Waals surface area contributed by atoms with E-state index >= 15 is 0 Å². The second-order valence-electron chi connectivity index (χ2n) is 4.99. The standard InChI is InChI=1S/C16H10ClF3N4O/c17-10-7-5-9(6-8-10)15(25)24-23-14-13(16(18,19)20)21-11-3-1-2-4-12(11)22-14/h1-8H,(H,22,23)(H,24,25). The summed E-state index contributed by atoms with van der Waals surface area (Å²) in [5, 5.41) is 0.435. The summed E-state index contributed by atoms with van der Waals surface area (Å²) >= 11 is 5.73. The van der Waals surface area contributed by atoms with Gasteiger partial charge in [0.1, 0.15) is 0 Å². The molecule has 2 aromatic carbocycles. The SMILES string of the molecule is O=C(NNc1nc2ccccc2nc1C(F)(F)F)c1ccc(Cl)cc1. The molecule has 0 bridgehead atoms. The Balaban J connectivity index is 1.89. The van der Waals surface area contributed by atoms with Crippen molar-refractivity contribution in [2.24, 2.45) is 0 Å². The van der Waals surface area contributed by atoms with E-state index in [-0.39, 0.29) is 16.6 Å². The molecule has 1 amide bonds. The van der Waals surface area contributed by atoms with Crippen LogP contribution in [0.3, 0.4) is 0 Å². The number of benzene rings is 2. The monoisotopic (exact) mass is 366 g/mol. The molecule has 0 radical (unpaired) electrons. The molecule has 25 heavy (non-hydrogen) atoms. The average Bonchev–Trinajstić information content (AvgIpc) is 2.58. The Morgan fingerprint density at radius 1 is 0.960 bits per heavy atom. The summed E-state index contributed by atoms with van der Waals surface area (Å²) in [6, 6.07) is 12.0. The lowest BCUT2D eigenvalue weighted by molar-refractivity contribution is -0.140. The Labute approximate surface area is 144 Å². The van der Waals surface area contributed by atoms with Gasteiger partial charge in [0.2, 0.25) is 0 Å². The first-order valence-electron chi connectivity index (χ1n) is 7.00. The lowest BCUT2D eigenvalue weighted by Crippen LogP contribution is -2.31. The van der Waals surface area contributed by atoms with E-state index in [0.717, 1.165) is 0 Å². The van der Waals surface area contributed by atoms with Crippen molar-refractivity contribution in [3.63, 3.8) is 0 Å². The van der Waals surface area contributed by atoms with E-state index in [1.165, 1.54) is 36.4 Å². The van der Waals surface area contributed by atoms with Gasteiger partial charge in [0, 0.05) is 10.6 Å². The molecule has 0 saturated heterocycles. The Kier molecular flexibility index (Phi) is 4.45. The molecule has 0 aliphatic carbocycles. The minimum absolute atomic E-state index is 0.101. The van der Waals surface area contributed by atoms with E-state index in [4.69, 9.17) is 11.6 Å². The maximum absolute atomic E-state index is 13.2. The van der Waals surface area contributed by atoms with Gasteiger partial charge in [0.25, 0.3) is 5.91 Å². The predicted octanol–water partition coefficient (Wildman–Crippen LogP) is 4.06. The number of carbonyl (C=O) groups excluding carboxylic acids is 1. The third kappa shape index (κ3) is 3.80. The number of fused-ring (bicyclic) bond motifs is 1. The number of rotatable bonds is 3. The topological polar surface area (TPSA) is 66.9 Å². The van der Waals surface area contributed by atoms with Crippen molar-refractivity contribution in [3.8, 4) is 0 Å². The van der Waals surface area contributed by atoms with Crippen molar-refractivity contribution in [3.05, 3.63) is 64.8 Å². The molecule has 0 aliphatic heterocycles. The number of hydrazine groups is 1. The molecule has 0 spiro atoms. The molecule has 3 aromatic rings. The number of para-hydroxylation sites is 2. The highest BCUT2D eigenvalue weighted by atomic mass is 35.5. The minimum atomic E-state index is -4.73. The van der Waals surface area contributed by atoms with Gasteiger partial charge in [-0.1, -0.05) is 23.7 Å². The highest BCUT2D eigenvalue weighted by Gasteiger charge is 2.37. The van der Waals surface area contributed by atoms with Crippen molar-refractivity contribution in [2.45, 2.75) is 6.18 Å². The zero-order valence-electron chi connectivity index (χ0n) is 12.4. The van der Waals surface area contributed by atoms with Crippen LogP contribution in [0.25, 0.3) is 11.0 Å². The fraction of sp³-hybridized carbons (Fsp3) is 0.0625. The van der Waals surface area contributed by atoms with Crippen LogP contribution in [0, 0.1) is 0 Å². The zero-order chi connectivity index (χ0) is 18.0. The number of alkyl halides is 3. The van der Waals surface area contributed by atoms with Gasteiger partial charge in [-0.3, -0.25) is 15.6 Å². The first-order valence-corrected chi connectivity index (χ1v) is 7.38. The molecule has 3 rings (SSSR count). The summed E-state index contributed by atoms with van der Waals surface area (Å²) in [6.45, 7) is 0. The van der Waals surface area contributed by atoms with Gasteiger partial charge in [0.15, 0.2) is 11.5 Å². The van der Waals surface area contributed by atoms with Crippen LogP contribution in [-0.2, 0) is 6.18 Å². The Morgan fingerprint density at radius 3 is 2.16 bits per heavy atom. The van der Waals surface area contributed by atoms with Gasteiger partial charge in [-0.15, -0.1) is 0 Å². The van der Waals surface area contributed by atoms with E-state index in [9.17, 15) is 18.0 Å². The first-order chi connectivity index (χ1) is 11.8. The van der Waals surface area contributed by atoms with Crippen LogP contribution in [0.15, 0.2) is 48.5 Å². The summed E-state index contributed by atoms with van der Waals surface area (Å²) in [5.74, 6) is -1.23. The van der Waals surface area contributed by atoms with Crippen molar-refractivity contribution < 1.29 is 18.0 Å². The largest absolute Gasteiger partial charge is 0.437 e. The van der Waals surface area contributed by atoms with Crippen molar-refractivity contribution in [2.75, 3.05) is 5.43 Å². The van der Waals surface area contributed by atoms with E-state index in [1.807, 2.05) is 0 Å². The summed E-state index contributed by atoms with van der Waals surface area (Å²) in [6.07, 6.45) is -4.73. The molecule has 0 unspecified atom stereocenters. The maximum atomic E-state index is 13.2. The molecular weight excluding hydrogens is 357 g/mol. The van der Waals surface area contributed by atoms with Crippen LogP contribution in [0.2, 0.25) is 5.02 Å². The van der Waals surface area contributed by atoms with Crippen LogP contribution < -0.4 is 10.9 Å². The number of hydrogen-bond acceptors (Lipinski definition) is 4. The summed E-state index contributed by atoms with van der Waals surface area (Å²) < 4.78 is 39.6. The molecule has 9 heteroatoms. The number of amides is 1. The predicted molar refractivity (Wildman–Crippen MR) is 87.1 cm³/mol. The lowest BCUT2D eigenvalue weighted by Gasteiger charge is -2.14. The van der Waals surface area contributed by atoms with Gasteiger partial charge in [-0.2, -0.15) is 13.2 Å². The van der Waals surface area contributed by atoms with E-state index in [1.54, 1.807) is 12.1 Å². The molecule has 0 atom stereocenters. The van der Waals surface area contributed by atoms with E-state index < -0.39 is 23.6 Å². The van der Waals surface area contributed by atoms with Gasteiger partial charge >= 0.3 is 6.18 Å². The molecule has 1 aromatic heterocycles. The van der Waals surface area contributed by atoms with Gasteiger partial charge in [-0.25, -0.2) is 9.97 Å². The highest BCUT2D eigenvalue weighted by Crippen LogP contribution is 2.33. The second-order valence-corrected chi connectivity index (χ2v) is 5.43. The molecule has 1 heterocycles. The number of halogens is 4. The molecule has 2 N–H and O–H groups in total. The third-order valence-corrected chi connectivity index (χ3v) is 3.49. The fourth-order valence-corrected chi connectivity index (χ4v) is 2.20. The number of aromatic nitrogens is 2. The van der Waals surface area contributed by atoms with E-state index in [0.29, 0.717) is 5.02 Å². The molecule has 0 aliphatic rings. The summed E-state index contributed by atoms with van der Waals surface area (Å²) in [5.41, 5.74) is 3.74. The zero-order valence-corrected chi connectivity index (χ0v) is 13.2. The molecule has 5 nitrogen and oxygen atoms in total. The Hall–Kier alpha value is -2.87. The number of nitrogens with one attached hydrogen (secondary N) is 2. The normalized spacial score (nSPS) is 11.4. The average molecular weight is 367 g/mol. The van der Waals surface area contributed by atoms with Crippen molar-refractivity contribution in [1.29, 1.82) is 0 Å². The van der Waals surface area contributed by atoms with Crippen molar-refractivity contribution in [1.82, 2.24) is 15.4 Å². The highest BCUT2D eigenvalue weighted by molar-refractivity contribution is 6.30. The summed E-state index contributed by atoms with van der Waals surface area (Å²) in [4.78, 5) is 19.5. The third-order valence-electron chi connectivity index (χ3n) is 3.24. The number of hydrogen-bond donors (Lipinski definition) is 2. The molecule has 0 saturated carbocycles. The number of carbonyl (C=O) groups is 1. The van der Waals surface area contributed by atoms with Gasteiger partial charge in [0.05, 0.1) is 11.0 Å². The van der Waals surface area contributed by atoms with Gasteiger partial charge < -0.3 is 0 Å². The quantitative estimate of drug-likeness (QED) is 0.686. The molecule has 0 fully saturated rings. The smallest absolute Gasteiger partial charge is 0.280 e.